The molecule has 1 aliphatic rings. The van der Waals surface area contributed by atoms with Crippen molar-refractivity contribution in [1.29, 1.82) is 0 Å². The first kappa shape index (κ1) is 27.4. The van der Waals surface area contributed by atoms with E-state index in [9.17, 15) is 26.4 Å². The van der Waals surface area contributed by atoms with Gasteiger partial charge in [0, 0.05) is 10.7 Å². The molecule has 3 rings (SSSR count). The molecule has 194 valence electrons. The lowest BCUT2D eigenvalue weighted by molar-refractivity contribution is -0.150. The molecule has 1 unspecified atom stereocenters. The molecule has 0 bridgehead atoms. The third-order valence-electron chi connectivity index (χ3n) is 5.20. The van der Waals surface area contributed by atoms with E-state index in [-0.39, 0.29) is 28.2 Å². The number of nitrogens with zero attached hydrogens (tertiary/aromatic N) is 3. The van der Waals surface area contributed by atoms with E-state index in [1.807, 2.05) is 0 Å². The second-order valence-corrected chi connectivity index (χ2v) is 12.6. The molecule has 36 heavy (non-hydrogen) atoms. The quantitative estimate of drug-likeness (QED) is 0.516. The Balaban J connectivity index is 1.94. The molecule has 0 saturated heterocycles. The zero-order chi connectivity index (χ0) is 26.9. The Labute approximate surface area is 214 Å². The van der Waals surface area contributed by atoms with E-state index in [4.69, 9.17) is 16.3 Å². The first-order valence-electron chi connectivity index (χ1n) is 10.6. The number of hydrazone groups is 1. The molecule has 0 aliphatic carbocycles. The molecule has 11 nitrogen and oxygen atoms in total. The summed E-state index contributed by atoms with van der Waals surface area (Å²) in [5, 5.41) is 8.47. The van der Waals surface area contributed by atoms with Gasteiger partial charge in [0.15, 0.2) is 0 Å². The highest BCUT2D eigenvalue weighted by Gasteiger charge is 2.48. The van der Waals surface area contributed by atoms with Crippen LogP contribution in [-0.4, -0.2) is 65.2 Å². The molecule has 1 aliphatic heterocycles. The summed E-state index contributed by atoms with van der Waals surface area (Å²) in [4.78, 5) is 25.9. The fourth-order valence-electron chi connectivity index (χ4n) is 3.71. The summed E-state index contributed by atoms with van der Waals surface area (Å²) in [7, 11) is -8.34. The number of carbonyl (C=O) groups excluding carboxylic acids is 2. The van der Waals surface area contributed by atoms with Crippen LogP contribution in [0.15, 0.2) is 53.6 Å². The number of nitrogens with one attached hydrogen (secondary N) is 1. The van der Waals surface area contributed by atoms with Gasteiger partial charge in [0.05, 0.1) is 37.1 Å². The van der Waals surface area contributed by atoms with Gasteiger partial charge in [0.25, 0.3) is 0 Å². The van der Waals surface area contributed by atoms with E-state index < -0.39 is 37.5 Å². The van der Waals surface area contributed by atoms with E-state index in [0.717, 1.165) is 17.5 Å². The Hall–Kier alpha value is -3.16. The van der Waals surface area contributed by atoms with E-state index in [1.165, 1.54) is 24.3 Å². The summed E-state index contributed by atoms with van der Waals surface area (Å²) in [5.41, 5.74) is -0.457. The Morgan fingerprint density at radius 3 is 2.28 bits per heavy atom. The Morgan fingerprint density at radius 1 is 1.11 bits per heavy atom. The molecule has 1 atom stereocenters. The lowest BCUT2D eigenvalue weighted by Gasteiger charge is -2.24. The van der Waals surface area contributed by atoms with E-state index in [1.54, 1.807) is 38.1 Å². The maximum Gasteiger partial charge on any atom is 0.342 e. The average molecular weight is 557 g/mol. The number of amides is 2. The number of hydrogen-bond donors (Lipinski definition) is 1. The molecular weight excluding hydrogens is 532 g/mol. The molecule has 2 aromatic rings. The van der Waals surface area contributed by atoms with Crippen LogP contribution >= 0.6 is 11.6 Å². The fraction of sp³-hybridized carbons (Fsp3) is 0.318. The summed E-state index contributed by atoms with van der Waals surface area (Å²) in [5.74, 6) is -0.562. The monoisotopic (exact) mass is 556 g/mol. The maximum atomic E-state index is 13.1. The predicted molar refractivity (Wildman–Crippen MR) is 137 cm³/mol. The minimum absolute atomic E-state index is 0.114. The number of halogens is 1. The summed E-state index contributed by atoms with van der Waals surface area (Å²) < 4.78 is 53.8. The van der Waals surface area contributed by atoms with Crippen molar-refractivity contribution in [1.82, 2.24) is 5.01 Å². The van der Waals surface area contributed by atoms with Crippen LogP contribution in [0.3, 0.4) is 0 Å². The van der Waals surface area contributed by atoms with Gasteiger partial charge in [-0.25, -0.2) is 26.6 Å². The zero-order valence-electron chi connectivity index (χ0n) is 19.9. The molecule has 2 aromatic carbocycles. The lowest BCUT2D eigenvalue weighted by Crippen LogP contribution is -2.42. The standard InChI is InChI=1S/C22H25ClN4O7S2/c1-5-34-20(28)22(2)14-26(25-19(22)15-9-11-16(23)12-10-15)21(29)24-17-7-6-8-18(13-17)27(35(3,30)31)36(4,32)33/h6-13H,5,14H2,1-4H3,(H,24,29). The van der Waals surface area contributed by atoms with Gasteiger partial charge in [-0.3, -0.25) is 4.79 Å². The minimum Gasteiger partial charge on any atom is -0.465 e. The number of rotatable bonds is 7. The van der Waals surface area contributed by atoms with Crippen molar-refractivity contribution >= 4 is 60.7 Å². The van der Waals surface area contributed by atoms with Crippen molar-refractivity contribution in [3.8, 4) is 0 Å². The highest BCUT2D eigenvalue weighted by molar-refractivity contribution is 8.09. The molecule has 2 amide bonds. The fourth-order valence-corrected chi connectivity index (χ4v) is 6.79. The Morgan fingerprint density at radius 2 is 1.72 bits per heavy atom. The minimum atomic E-state index is -4.17. The molecule has 1 N–H and O–H groups in total. The van der Waals surface area contributed by atoms with Crippen molar-refractivity contribution in [2.75, 3.05) is 34.7 Å². The third kappa shape index (κ3) is 5.79. The van der Waals surface area contributed by atoms with Gasteiger partial charge in [-0.05, 0) is 49.7 Å². The summed E-state index contributed by atoms with van der Waals surface area (Å²) >= 11 is 5.98. The SMILES string of the molecule is CCOC(=O)C1(C)CN(C(=O)Nc2cccc(N(S(C)(=O)=O)S(C)(=O)=O)c2)N=C1c1ccc(Cl)cc1. The largest absolute Gasteiger partial charge is 0.465 e. The summed E-state index contributed by atoms with van der Waals surface area (Å²) in [6.07, 6.45) is 1.51. The van der Waals surface area contributed by atoms with Crippen molar-refractivity contribution in [2.24, 2.45) is 10.5 Å². The molecule has 0 saturated carbocycles. The van der Waals surface area contributed by atoms with Gasteiger partial charge in [-0.15, -0.1) is 0 Å². The Bertz CT molecular complexity index is 1390. The van der Waals surface area contributed by atoms with Crippen LogP contribution in [0.25, 0.3) is 0 Å². The van der Waals surface area contributed by atoms with Crippen LogP contribution in [0, 0.1) is 5.41 Å². The first-order chi connectivity index (χ1) is 16.7. The number of hydrogen-bond acceptors (Lipinski definition) is 8. The van der Waals surface area contributed by atoms with Gasteiger partial charge in [-0.1, -0.05) is 29.8 Å². The number of anilines is 2. The third-order valence-corrected chi connectivity index (χ3v) is 8.70. The first-order valence-corrected chi connectivity index (χ1v) is 14.7. The lowest BCUT2D eigenvalue weighted by atomic mass is 9.82. The van der Waals surface area contributed by atoms with Gasteiger partial charge >= 0.3 is 12.0 Å². The number of ether oxygens (including phenoxy) is 1. The topological polar surface area (TPSA) is 143 Å². The van der Waals surface area contributed by atoms with Gasteiger partial charge in [-0.2, -0.15) is 8.81 Å². The van der Waals surface area contributed by atoms with Crippen molar-refractivity contribution in [2.45, 2.75) is 13.8 Å². The smallest absolute Gasteiger partial charge is 0.342 e. The molecule has 0 fully saturated rings. The average Bonchev–Trinajstić information content (AvgIpc) is 3.12. The molecule has 1 heterocycles. The van der Waals surface area contributed by atoms with E-state index in [0.29, 0.717) is 16.3 Å². The maximum absolute atomic E-state index is 13.1. The molecule has 0 spiro atoms. The normalized spacial score (nSPS) is 17.9. The number of sulfonamides is 2. The highest BCUT2D eigenvalue weighted by Crippen LogP contribution is 2.34. The highest BCUT2D eigenvalue weighted by atomic mass is 35.5. The second kappa shape index (κ2) is 10.1. The second-order valence-electron chi connectivity index (χ2n) is 8.27. The van der Waals surface area contributed by atoms with Crippen LogP contribution in [-0.2, 0) is 29.6 Å². The molecule has 0 aromatic heterocycles. The predicted octanol–water partition coefficient (Wildman–Crippen LogP) is 2.89. The number of urea groups is 1. The Kier molecular flexibility index (Phi) is 7.67. The summed E-state index contributed by atoms with van der Waals surface area (Å²) in [6, 6.07) is 11.2. The van der Waals surface area contributed by atoms with Gasteiger partial charge in [0.2, 0.25) is 20.0 Å². The van der Waals surface area contributed by atoms with Crippen LogP contribution in [0.2, 0.25) is 5.02 Å². The van der Waals surface area contributed by atoms with Crippen molar-refractivity contribution in [3.63, 3.8) is 0 Å². The van der Waals surface area contributed by atoms with Gasteiger partial charge < -0.3 is 10.1 Å². The van der Waals surface area contributed by atoms with Crippen LogP contribution in [0.5, 0.6) is 0 Å². The number of benzene rings is 2. The van der Waals surface area contributed by atoms with Crippen molar-refractivity contribution < 1.29 is 31.2 Å². The number of carbonyl (C=O) groups is 2. The van der Waals surface area contributed by atoms with Crippen LogP contribution in [0.4, 0.5) is 16.2 Å². The van der Waals surface area contributed by atoms with Crippen molar-refractivity contribution in [3.05, 3.63) is 59.1 Å². The number of esters is 1. The van der Waals surface area contributed by atoms with E-state index >= 15 is 0 Å². The van der Waals surface area contributed by atoms with Crippen LogP contribution in [0.1, 0.15) is 19.4 Å². The summed E-state index contributed by atoms with van der Waals surface area (Å²) in [6.45, 7) is 3.29. The molecule has 14 heteroatoms. The zero-order valence-corrected chi connectivity index (χ0v) is 22.3. The van der Waals surface area contributed by atoms with Gasteiger partial charge in [0.1, 0.15) is 5.41 Å². The van der Waals surface area contributed by atoms with E-state index in [2.05, 4.69) is 10.4 Å². The molecular formula is C22H25ClN4O7S2. The molecule has 0 radical (unpaired) electrons. The van der Waals surface area contributed by atoms with Crippen LogP contribution < -0.4 is 9.03 Å².